The average molecular weight is 307 g/mol. The molecular weight excluding hydrogens is 286 g/mol. The van der Waals surface area contributed by atoms with Crippen LogP contribution in [-0.4, -0.2) is 19.0 Å². The van der Waals surface area contributed by atoms with Crippen molar-refractivity contribution < 1.29 is 0 Å². The molecule has 5 heteroatoms. The highest BCUT2D eigenvalue weighted by molar-refractivity contribution is 7.08. The summed E-state index contributed by atoms with van der Waals surface area (Å²) in [5.41, 5.74) is 2.65. The van der Waals surface area contributed by atoms with E-state index in [1.165, 1.54) is 11.1 Å². The SMILES string of the molecule is CCNC(=NCc1ccsc1)NCC(C)c1ccsc1. The van der Waals surface area contributed by atoms with Crippen LogP contribution < -0.4 is 10.6 Å². The van der Waals surface area contributed by atoms with Crippen molar-refractivity contribution in [2.45, 2.75) is 26.3 Å². The summed E-state index contributed by atoms with van der Waals surface area (Å²) in [4.78, 5) is 4.61. The van der Waals surface area contributed by atoms with Crippen molar-refractivity contribution >= 4 is 28.6 Å². The molecule has 2 N–H and O–H groups in total. The Morgan fingerprint density at radius 3 is 2.65 bits per heavy atom. The maximum atomic E-state index is 4.61. The van der Waals surface area contributed by atoms with Gasteiger partial charge in [-0.1, -0.05) is 6.92 Å². The topological polar surface area (TPSA) is 36.4 Å². The first-order chi connectivity index (χ1) is 9.79. The van der Waals surface area contributed by atoms with Gasteiger partial charge in [0.25, 0.3) is 0 Å². The highest BCUT2D eigenvalue weighted by atomic mass is 32.1. The first-order valence-corrected chi connectivity index (χ1v) is 8.73. The zero-order valence-electron chi connectivity index (χ0n) is 11.9. The zero-order chi connectivity index (χ0) is 14.2. The first kappa shape index (κ1) is 15.1. The molecule has 0 spiro atoms. The van der Waals surface area contributed by atoms with Gasteiger partial charge in [0.2, 0.25) is 0 Å². The first-order valence-electron chi connectivity index (χ1n) is 6.85. The van der Waals surface area contributed by atoms with Crippen LogP contribution in [0, 0.1) is 0 Å². The predicted octanol–water partition coefficient (Wildman–Crippen LogP) is 3.67. The summed E-state index contributed by atoms with van der Waals surface area (Å²) in [5, 5.41) is 15.3. The Balaban J connectivity index is 1.87. The average Bonchev–Trinajstić information content (AvgIpc) is 3.13. The molecular formula is C15H21N3S2. The van der Waals surface area contributed by atoms with Crippen LogP contribution in [0.2, 0.25) is 0 Å². The molecule has 0 radical (unpaired) electrons. The Bertz CT molecular complexity index is 503. The lowest BCUT2D eigenvalue weighted by molar-refractivity contribution is 0.702. The molecule has 0 saturated heterocycles. The van der Waals surface area contributed by atoms with Gasteiger partial charge >= 0.3 is 0 Å². The van der Waals surface area contributed by atoms with E-state index in [1.807, 2.05) is 0 Å². The van der Waals surface area contributed by atoms with Crippen molar-refractivity contribution in [3.8, 4) is 0 Å². The lowest BCUT2D eigenvalue weighted by atomic mass is 10.1. The Labute approximate surface area is 128 Å². The number of aliphatic imine (C=N–C) groups is 1. The fourth-order valence-electron chi connectivity index (χ4n) is 1.82. The van der Waals surface area contributed by atoms with E-state index in [1.54, 1.807) is 22.7 Å². The molecule has 0 aliphatic rings. The fraction of sp³-hybridized carbons (Fsp3) is 0.400. The van der Waals surface area contributed by atoms with Gasteiger partial charge in [-0.05, 0) is 57.6 Å². The van der Waals surface area contributed by atoms with Gasteiger partial charge in [0.05, 0.1) is 6.54 Å². The van der Waals surface area contributed by atoms with Crippen molar-refractivity contribution in [3.05, 3.63) is 44.8 Å². The van der Waals surface area contributed by atoms with Crippen LogP contribution in [0.1, 0.15) is 30.9 Å². The van der Waals surface area contributed by atoms with Gasteiger partial charge < -0.3 is 10.6 Å². The zero-order valence-corrected chi connectivity index (χ0v) is 13.6. The van der Waals surface area contributed by atoms with Crippen LogP contribution in [0.15, 0.2) is 38.6 Å². The second kappa shape index (κ2) is 8.07. The van der Waals surface area contributed by atoms with E-state index in [0.29, 0.717) is 5.92 Å². The molecule has 1 unspecified atom stereocenters. The smallest absolute Gasteiger partial charge is 0.191 e. The number of nitrogens with zero attached hydrogens (tertiary/aromatic N) is 1. The fourth-order valence-corrected chi connectivity index (χ4v) is 3.26. The number of rotatable bonds is 6. The molecule has 0 fully saturated rings. The second-order valence-electron chi connectivity index (χ2n) is 4.67. The summed E-state index contributed by atoms with van der Waals surface area (Å²) >= 11 is 3.46. The van der Waals surface area contributed by atoms with Crippen molar-refractivity contribution in [3.63, 3.8) is 0 Å². The van der Waals surface area contributed by atoms with Crippen LogP contribution in [0.5, 0.6) is 0 Å². The van der Waals surface area contributed by atoms with E-state index in [-0.39, 0.29) is 0 Å². The molecule has 0 amide bonds. The van der Waals surface area contributed by atoms with Crippen LogP contribution >= 0.6 is 22.7 Å². The van der Waals surface area contributed by atoms with Crippen LogP contribution in [0.25, 0.3) is 0 Å². The van der Waals surface area contributed by atoms with Crippen LogP contribution in [0.3, 0.4) is 0 Å². The summed E-state index contributed by atoms with van der Waals surface area (Å²) in [6, 6.07) is 4.30. The molecule has 3 nitrogen and oxygen atoms in total. The summed E-state index contributed by atoms with van der Waals surface area (Å²) in [6.07, 6.45) is 0. The van der Waals surface area contributed by atoms with E-state index in [4.69, 9.17) is 0 Å². The molecule has 108 valence electrons. The molecule has 2 heterocycles. The third-order valence-corrected chi connectivity index (χ3v) is 4.47. The van der Waals surface area contributed by atoms with E-state index in [0.717, 1.165) is 25.6 Å². The minimum absolute atomic E-state index is 0.492. The Hall–Kier alpha value is -1.33. The number of thiophene rings is 2. The van der Waals surface area contributed by atoms with E-state index in [2.05, 4.69) is 63.1 Å². The van der Waals surface area contributed by atoms with E-state index >= 15 is 0 Å². The quantitative estimate of drug-likeness (QED) is 0.631. The van der Waals surface area contributed by atoms with Crippen molar-refractivity contribution in [2.24, 2.45) is 4.99 Å². The van der Waals surface area contributed by atoms with Gasteiger partial charge in [-0.15, -0.1) is 0 Å². The second-order valence-corrected chi connectivity index (χ2v) is 6.23. The monoisotopic (exact) mass is 307 g/mol. The summed E-state index contributed by atoms with van der Waals surface area (Å²) < 4.78 is 0. The normalized spacial score (nSPS) is 13.2. The van der Waals surface area contributed by atoms with Crippen molar-refractivity contribution in [2.75, 3.05) is 13.1 Å². The van der Waals surface area contributed by atoms with E-state index in [9.17, 15) is 0 Å². The van der Waals surface area contributed by atoms with E-state index < -0.39 is 0 Å². The lowest BCUT2D eigenvalue weighted by Gasteiger charge is -2.15. The maximum absolute atomic E-state index is 4.61. The highest BCUT2D eigenvalue weighted by Gasteiger charge is 2.06. The lowest BCUT2D eigenvalue weighted by Crippen LogP contribution is -2.39. The molecule has 0 saturated carbocycles. The van der Waals surface area contributed by atoms with Crippen LogP contribution in [-0.2, 0) is 6.54 Å². The predicted molar refractivity (Wildman–Crippen MR) is 89.9 cm³/mol. The Morgan fingerprint density at radius 1 is 1.20 bits per heavy atom. The molecule has 2 aromatic heterocycles. The van der Waals surface area contributed by atoms with Gasteiger partial charge in [0.15, 0.2) is 5.96 Å². The number of hydrogen-bond donors (Lipinski definition) is 2. The minimum Gasteiger partial charge on any atom is -0.357 e. The third kappa shape index (κ3) is 4.65. The molecule has 2 rings (SSSR count). The van der Waals surface area contributed by atoms with Gasteiger partial charge in [-0.25, -0.2) is 4.99 Å². The molecule has 1 atom stereocenters. The highest BCUT2D eigenvalue weighted by Crippen LogP contribution is 2.17. The number of guanidine groups is 1. The number of hydrogen-bond acceptors (Lipinski definition) is 3. The summed E-state index contributed by atoms with van der Waals surface area (Å²) in [7, 11) is 0. The summed E-state index contributed by atoms with van der Waals surface area (Å²) in [6.45, 7) is 6.82. The largest absolute Gasteiger partial charge is 0.357 e. The minimum atomic E-state index is 0.492. The van der Waals surface area contributed by atoms with Gasteiger partial charge in [0.1, 0.15) is 0 Å². The van der Waals surface area contributed by atoms with Crippen molar-refractivity contribution in [1.82, 2.24) is 10.6 Å². The molecule has 0 aromatic carbocycles. The number of nitrogens with one attached hydrogen (secondary N) is 2. The molecule has 0 aliphatic carbocycles. The summed E-state index contributed by atoms with van der Waals surface area (Å²) in [5.74, 6) is 1.38. The molecule has 2 aromatic rings. The van der Waals surface area contributed by atoms with Crippen LogP contribution in [0.4, 0.5) is 0 Å². The molecule has 0 bridgehead atoms. The maximum Gasteiger partial charge on any atom is 0.191 e. The van der Waals surface area contributed by atoms with Gasteiger partial charge in [0, 0.05) is 13.1 Å². The molecule has 20 heavy (non-hydrogen) atoms. The van der Waals surface area contributed by atoms with Gasteiger partial charge in [-0.3, -0.25) is 0 Å². The molecule has 0 aliphatic heterocycles. The standard InChI is InChI=1S/C15H21N3S2/c1-3-16-15(18-9-13-4-6-19-10-13)17-8-12(2)14-5-7-20-11-14/h4-7,10-12H,3,8-9H2,1-2H3,(H2,16,17,18). The third-order valence-electron chi connectivity index (χ3n) is 3.03. The van der Waals surface area contributed by atoms with Gasteiger partial charge in [-0.2, -0.15) is 22.7 Å². The van der Waals surface area contributed by atoms with Crippen molar-refractivity contribution in [1.29, 1.82) is 0 Å². The Kier molecular flexibility index (Phi) is 6.08. The Morgan fingerprint density at radius 2 is 2.00 bits per heavy atom.